The Morgan fingerprint density at radius 2 is 2.00 bits per heavy atom. The molecule has 9 heteroatoms. The predicted octanol–water partition coefficient (Wildman–Crippen LogP) is 2.39. The number of nitrogens with zero attached hydrogens (tertiary/aromatic N) is 2. The molecule has 8 nitrogen and oxygen atoms in total. The van der Waals surface area contributed by atoms with Crippen LogP contribution in [0.3, 0.4) is 0 Å². The molecule has 1 aromatic carbocycles. The molecule has 1 heterocycles. The second kappa shape index (κ2) is 6.31. The number of ether oxygens (including phenoxy) is 2. The average Bonchev–Trinajstić information content (AvgIpc) is 2.92. The van der Waals surface area contributed by atoms with Gasteiger partial charge in [-0.05, 0) is 25.0 Å². The van der Waals surface area contributed by atoms with E-state index in [1.165, 1.54) is 20.6 Å². The van der Waals surface area contributed by atoms with E-state index in [0.717, 1.165) is 19.1 Å². The van der Waals surface area contributed by atoms with Gasteiger partial charge in [0.15, 0.2) is 17.3 Å². The van der Waals surface area contributed by atoms with Crippen LogP contribution in [0, 0.1) is 0 Å². The first-order chi connectivity index (χ1) is 11.4. The Morgan fingerprint density at radius 1 is 1.25 bits per heavy atom. The Morgan fingerprint density at radius 3 is 2.54 bits per heavy atom. The fourth-order valence-electron chi connectivity index (χ4n) is 2.55. The minimum atomic E-state index is -3.49. The van der Waals surface area contributed by atoms with E-state index in [2.05, 4.69) is 14.9 Å². The minimum absolute atomic E-state index is 0.248. The van der Waals surface area contributed by atoms with Gasteiger partial charge in [0.1, 0.15) is 0 Å². The van der Waals surface area contributed by atoms with Crippen molar-refractivity contribution in [3.05, 3.63) is 18.0 Å². The average molecular weight is 353 g/mol. The molecule has 1 N–H and O–H groups in total. The van der Waals surface area contributed by atoms with Gasteiger partial charge in [-0.25, -0.2) is 8.42 Å². The highest BCUT2D eigenvalue weighted by Crippen LogP contribution is 2.41. The summed E-state index contributed by atoms with van der Waals surface area (Å²) >= 11 is 0. The van der Waals surface area contributed by atoms with Crippen LogP contribution in [-0.4, -0.2) is 39.0 Å². The van der Waals surface area contributed by atoms with Gasteiger partial charge in [-0.3, -0.25) is 4.72 Å². The minimum Gasteiger partial charge on any atom is -0.493 e. The quantitative estimate of drug-likeness (QED) is 0.850. The summed E-state index contributed by atoms with van der Waals surface area (Å²) in [7, 11) is -0.580. The molecule has 3 rings (SSSR count). The molecular weight excluding hydrogens is 334 g/mol. The van der Waals surface area contributed by atoms with Crippen LogP contribution in [0.4, 0.5) is 5.69 Å². The fourth-order valence-corrected chi connectivity index (χ4v) is 3.10. The van der Waals surface area contributed by atoms with E-state index in [-0.39, 0.29) is 11.4 Å². The molecule has 0 unspecified atom stereocenters. The molecule has 2 aromatic rings. The van der Waals surface area contributed by atoms with Crippen LogP contribution >= 0.6 is 0 Å². The molecule has 0 radical (unpaired) electrons. The summed E-state index contributed by atoms with van der Waals surface area (Å²) < 4.78 is 41.5. The van der Waals surface area contributed by atoms with Crippen LogP contribution in [0.5, 0.6) is 11.5 Å². The van der Waals surface area contributed by atoms with E-state index in [4.69, 9.17) is 14.0 Å². The Labute approximate surface area is 140 Å². The van der Waals surface area contributed by atoms with Gasteiger partial charge in [0, 0.05) is 11.5 Å². The molecule has 1 aromatic heterocycles. The van der Waals surface area contributed by atoms with Crippen LogP contribution in [0.1, 0.15) is 31.0 Å². The standard InChI is InChI=1S/C15H19N3O5S/c1-21-12-8-10(7-11(13(12)22-2)18-24(3,19)20)15-16-14(17-23-15)9-5-4-6-9/h7-9,18H,4-6H2,1-3H3. The highest BCUT2D eigenvalue weighted by molar-refractivity contribution is 7.92. The lowest BCUT2D eigenvalue weighted by atomic mass is 9.85. The molecule has 0 saturated heterocycles. The fraction of sp³-hybridized carbons (Fsp3) is 0.467. The summed E-state index contributed by atoms with van der Waals surface area (Å²) in [4.78, 5) is 4.42. The van der Waals surface area contributed by atoms with Crippen molar-refractivity contribution in [2.75, 3.05) is 25.2 Å². The number of benzene rings is 1. The summed E-state index contributed by atoms with van der Waals surface area (Å²) in [6.07, 6.45) is 4.36. The van der Waals surface area contributed by atoms with Crippen molar-refractivity contribution >= 4 is 15.7 Å². The number of aromatic nitrogens is 2. The number of anilines is 1. The predicted molar refractivity (Wildman–Crippen MR) is 87.9 cm³/mol. The lowest BCUT2D eigenvalue weighted by molar-refractivity contribution is 0.356. The Bertz CT molecular complexity index is 843. The van der Waals surface area contributed by atoms with Crippen molar-refractivity contribution in [1.82, 2.24) is 10.1 Å². The van der Waals surface area contributed by atoms with Gasteiger partial charge in [0.25, 0.3) is 5.89 Å². The second-order valence-corrected chi connectivity index (χ2v) is 7.47. The number of nitrogens with one attached hydrogen (secondary N) is 1. The topological polar surface area (TPSA) is 104 Å². The molecule has 0 amide bonds. The Kier molecular flexibility index (Phi) is 4.35. The lowest BCUT2D eigenvalue weighted by Crippen LogP contribution is -2.11. The molecule has 130 valence electrons. The van der Waals surface area contributed by atoms with Gasteiger partial charge in [0.2, 0.25) is 10.0 Å². The first kappa shape index (κ1) is 16.6. The first-order valence-corrected chi connectivity index (χ1v) is 9.38. The molecule has 0 atom stereocenters. The van der Waals surface area contributed by atoms with Crippen molar-refractivity contribution < 1.29 is 22.4 Å². The van der Waals surface area contributed by atoms with E-state index in [1.807, 2.05) is 0 Å². The molecule has 1 saturated carbocycles. The lowest BCUT2D eigenvalue weighted by Gasteiger charge is -2.20. The SMILES string of the molecule is COc1cc(-c2nc(C3CCC3)no2)cc(NS(C)(=O)=O)c1OC. The zero-order chi connectivity index (χ0) is 17.3. The summed E-state index contributed by atoms with van der Waals surface area (Å²) in [5.74, 6) is 1.99. The Hall–Kier alpha value is -2.29. The summed E-state index contributed by atoms with van der Waals surface area (Å²) in [5.41, 5.74) is 0.801. The van der Waals surface area contributed by atoms with Crippen molar-refractivity contribution in [2.45, 2.75) is 25.2 Å². The maximum Gasteiger partial charge on any atom is 0.258 e. The number of sulfonamides is 1. The third kappa shape index (κ3) is 3.30. The van der Waals surface area contributed by atoms with E-state index < -0.39 is 10.0 Å². The van der Waals surface area contributed by atoms with E-state index in [1.54, 1.807) is 12.1 Å². The van der Waals surface area contributed by atoms with Crippen molar-refractivity contribution in [2.24, 2.45) is 0 Å². The molecule has 0 aliphatic heterocycles. The maximum absolute atomic E-state index is 11.6. The summed E-state index contributed by atoms with van der Waals surface area (Å²) in [5, 5.41) is 4.02. The number of hydrogen-bond acceptors (Lipinski definition) is 7. The normalized spacial score (nSPS) is 15.0. The van der Waals surface area contributed by atoms with Crippen LogP contribution < -0.4 is 14.2 Å². The van der Waals surface area contributed by atoms with Gasteiger partial charge < -0.3 is 14.0 Å². The molecular formula is C15H19N3O5S. The zero-order valence-corrected chi connectivity index (χ0v) is 14.5. The largest absolute Gasteiger partial charge is 0.493 e. The molecule has 0 bridgehead atoms. The second-order valence-electron chi connectivity index (χ2n) is 5.72. The van der Waals surface area contributed by atoms with Crippen molar-refractivity contribution in [1.29, 1.82) is 0 Å². The van der Waals surface area contributed by atoms with E-state index in [9.17, 15) is 8.42 Å². The monoisotopic (exact) mass is 353 g/mol. The Balaban J connectivity index is 2.03. The van der Waals surface area contributed by atoms with Crippen LogP contribution in [0.2, 0.25) is 0 Å². The van der Waals surface area contributed by atoms with Crippen LogP contribution in [0.15, 0.2) is 16.7 Å². The van der Waals surface area contributed by atoms with Gasteiger partial charge in [0.05, 0.1) is 26.2 Å². The molecule has 24 heavy (non-hydrogen) atoms. The summed E-state index contributed by atoms with van der Waals surface area (Å²) in [6.45, 7) is 0. The van der Waals surface area contributed by atoms with Crippen molar-refractivity contribution in [3.63, 3.8) is 0 Å². The van der Waals surface area contributed by atoms with Crippen molar-refractivity contribution in [3.8, 4) is 23.0 Å². The molecule has 1 aliphatic carbocycles. The molecule has 1 aliphatic rings. The van der Waals surface area contributed by atoms with Gasteiger partial charge >= 0.3 is 0 Å². The number of methoxy groups -OCH3 is 2. The van der Waals surface area contributed by atoms with Gasteiger partial charge in [-0.15, -0.1) is 0 Å². The third-order valence-electron chi connectivity index (χ3n) is 3.93. The summed E-state index contributed by atoms with van der Waals surface area (Å²) in [6, 6.07) is 3.25. The first-order valence-electron chi connectivity index (χ1n) is 7.49. The maximum atomic E-state index is 11.6. The van der Waals surface area contributed by atoms with E-state index >= 15 is 0 Å². The zero-order valence-electron chi connectivity index (χ0n) is 13.7. The van der Waals surface area contributed by atoms with Gasteiger partial charge in [-0.2, -0.15) is 4.98 Å². The molecule has 0 spiro atoms. The van der Waals surface area contributed by atoms with Gasteiger partial charge in [-0.1, -0.05) is 11.6 Å². The highest BCUT2D eigenvalue weighted by atomic mass is 32.2. The highest BCUT2D eigenvalue weighted by Gasteiger charge is 2.26. The smallest absolute Gasteiger partial charge is 0.258 e. The van der Waals surface area contributed by atoms with Crippen LogP contribution in [-0.2, 0) is 10.0 Å². The number of hydrogen-bond donors (Lipinski definition) is 1. The van der Waals surface area contributed by atoms with Crippen LogP contribution in [0.25, 0.3) is 11.5 Å². The van der Waals surface area contributed by atoms with E-state index in [0.29, 0.717) is 28.9 Å². The number of rotatable bonds is 6. The third-order valence-corrected chi connectivity index (χ3v) is 4.52. The molecule has 1 fully saturated rings.